The molecule has 5 nitrogen and oxygen atoms in total. The summed E-state index contributed by atoms with van der Waals surface area (Å²) in [7, 11) is 0. The Labute approximate surface area is 141 Å². The lowest BCUT2D eigenvalue weighted by Gasteiger charge is -2.23. The van der Waals surface area contributed by atoms with Crippen molar-refractivity contribution in [1.29, 1.82) is 0 Å². The van der Waals surface area contributed by atoms with E-state index >= 15 is 0 Å². The van der Waals surface area contributed by atoms with Gasteiger partial charge in [0, 0.05) is 17.5 Å². The molecular formula is C19H23N3O2. The number of hydrogen-bond donors (Lipinski definition) is 1. The molecule has 3 aromatic rings. The van der Waals surface area contributed by atoms with E-state index < -0.39 is 0 Å². The van der Waals surface area contributed by atoms with Gasteiger partial charge in [-0.25, -0.2) is 0 Å². The van der Waals surface area contributed by atoms with Gasteiger partial charge >= 0.3 is 0 Å². The van der Waals surface area contributed by atoms with Crippen LogP contribution in [0.1, 0.15) is 43.1 Å². The predicted molar refractivity (Wildman–Crippen MR) is 93.7 cm³/mol. The van der Waals surface area contributed by atoms with Crippen LogP contribution in [0.5, 0.6) is 5.75 Å². The van der Waals surface area contributed by atoms with Gasteiger partial charge in [-0.3, -0.25) is 4.98 Å². The van der Waals surface area contributed by atoms with Crippen LogP contribution in [0.15, 0.2) is 41.1 Å². The third-order valence-corrected chi connectivity index (χ3v) is 4.68. The zero-order valence-electron chi connectivity index (χ0n) is 14.3. The molecule has 0 aliphatic heterocycles. The summed E-state index contributed by atoms with van der Waals surface area (Å²) < 4.78 is 5.38. The molecule has 1 aromatic carbocycles. The molecule has 0 radical (unpaired) electrons. The molecule has 126 valence electrons. The maximum Gasteiger partial charge on any atom is 0.168 e. The number of aromatic nitrogens is 2. The molecule has 3 rings (SSSR count). The quantitative estimate of drug-likeness (QED) is 0.689. The Kier molecular flexibility index (Phi) is 4.81. The number of benzene rings is 1. The van der Waals surface area contributed by atoms with Crippen molar-refractivity contribution in [1.82, 2.24) is 10.1 Å². The first kappa shape index (κ1) is 16.5. The monoisotopic (exact) mass is 325 g/mol. The Morgan fingerprint density at radius 3 is 2.88 bits per heavy atom. The molecule has 0 saturated heterocycles. The molecule has 0 saturated carbocycles. The summed E-state index contributed by atoms with van der Waals surface area (Å²) in [6.07, 6.45) is 3.68. The zero-order chi connectivity index (χ0) is 17.1. The standard InChI is InChI=1S/C19H23N3O2/c1-4-15(19-17(23-20)6-5-9-21-19)12(2)10-14-7-8-16-13(3)22-24-18(16)11-14/h5-9,11-12,15H,4,10,20H2,1-3H3. The van der Waals surface area contributed by atoms with Crippen LogP contribution in [0.25, 0.3) is 11.0 Å². The van der Waals surface area contributed by atoms with Crippen molar-refractivity contribution in [2.45, 2.75) is 39.5 Å². The van der Waals surface area contributed by atoms with E-state index in [2.05, 4.69) is 42.2 Å². The first-order valence-electron chi connectivity index (χ1n) is 8.30. The van der Waals surface area contributed by atoms with Crippen molar-refractivity contribution in [3.63, 3.8) is 0 Å². The minimum atomic E-state index is 0.275. The van der Waals surface area contributed by atoms with Gasteiger partial charge in [0.15, 0.2) is 11.3 Å². The number of nitrogens with zero attached hydrogens (tertiary/aromatic N) is 2. The predicted octanol–water partition coefficient (Wildman–Crippen LogP) is 4.16. The Morgan fingerprint density at radius 1 is 1.29 bits per heavy atom. The molecule has 2 unspecified atom stereocenters. The van der Waals surface area contributed by atoms with Gasteiger partial charge in [-0.05, 0) is 55.5 Å². The third-order valence-electron chi connectivity index (χ3n) is 4.68. The van der Waals surface area contributed by atoms with Gasteiger partial charge in [-0.2, -0.15) is 5.90 Å². The summed E-state index contributed by atoms with van der Waals surface area (Å²) in [5.41, 5.74) is 3.92. The van der Waals surface area contributed by atoms with Gasteiger partial charge in [0.1, 0.15) is 0 Å². The highest BCUT2D eigenvalue weighted by Gasteiger charge is 2.23. The molecule has 0 aliphatic carbocycles. The van der Waals surface area contributed by atoms with E-state index in [1.165, 1.54) is 5.56 Å². The lowest BCUT2D eigenvalue weighted by molar-refractivity contribution is 0.317. The summed E-state index contributed by atoms with van der Waals surface area (Å²) in [6, 6.07) is 10.0. The molecule has 0 fully saturated rings. The molecule has 24 heavy (non-hydrogen) atoms. The van der Waals surface area contributed by atoms with Gasteiger partial charge in [0.05, 0.1) is 11.4 Å². The van der Waals surface area contributed by atoms with Gasteiger partial charge in [-0.15, -0.1) is 0 Å². The van der Waals surface area contributed by atoms with E-state index in [0.29, 0.717) is 11.7 Å². The van der Waals surface area contributed by atoms with Crippen LogP contribution in [-0.4, -0.2) is 10.1 Å². The Hall–Kier alpha value is -2.40. The largest absolute Gasteiger partial charge is 0.410 e. The highest BCUT2D eigenvalue weighted by Crippen LogP contribution is 2.34. The maximum atomic E-state index is 5.40. The van der Waals surface area contributed by atoms with Crippen molar-refractivity contribution in [3.05, 3.63) is 53.5 Å². The van der Waals surface area contributed by atoms with Crippen LogP contribution in [0.4, 0.5) is 0 Å². The van der Waals surface area contributed by atoms with Crippen molar-refractivity contribution < 1.29 is 9.36 Å². The minimum Gasteiger partial charge on any atom is -0.410 e. The number of fused-ring (bicyclic) bond motifs is 1. The van der Waals surface area contributed by atoms with Crippen LogP contribution < -0.4 is 10.7 Å². The Morgan fingerprint density at radius 2 is 2.12 bits per heavy atom. The van der Waals surface area contributed by atoms with Crippen LogP contribution >= 0.6 is 0 Å². The molecule has 2 atom stereocenters. The van der Waals surface area contributed by atoms with Crippen LogP contribution in [-0.2, 0) is 6.42 Å². The van der Waals surface area contributed by atoms with Gasteiger partial charge in [-0.1, -0.05) is 25.1 Å². The second-order valence-corrected chi connectivity index (χ2v) is 6.30. The fourth-order valence-corrected chi connectivity index (χ4v) is 3.40. The Balaban J connectivity index is 1.84. The molecule has 0 amide bonds. The second-order valence-electron chi connectivity index (χ2n) is 6.30. The Bertz CT molecular complexity index is 828. The molecule has 0 bridgehead atoms. The summed E-state index contributed by atoms with van der Waals surface area (Å²) in [5, 5.41) is 5.09. The maximum absolute atomic E-state index is 5.40. The van der Waals surface area contributed by atoms with Gasteiger partial charge in [0.25, 0.3) is 0 Å². The normalized spacial score (nSPS) is 13.8. The van der Waals surface area contributed by atoms with Crippen LogP contribution in [0, 0.1) is 12.8 Å². The first-order valence-corrected chi connectivity index (χ1v) is 8.30. The number of nitrogens with two attached hydrogens (primary N) is 1. The molecule has 2 N–H and O–H groups in total. The van der Waals surface area contributed by atoms with E-state index in [-0.39, 0.29) is 5.92 Å². The highest BCUT2D eigenvalue weighted by atomic mass is 16.6. The number of pyridine rings is 1. The number of rotatable bonds is 6. The summed E-state index contributed by atoms with van der Waals surface area (Å²) in [6.45, 7) is 6.36. The fraction of sp³-hybridized carbons (Fsp3) is 0.368. The van der Waals surface area contributed by atoms with Crippen molar-refractivity contribution in [2.75, 3.05) is 0 Å². The summed E-state index contributed by atoms with van der Waals surface area (Å²) in [4.78, 5) is 9.51. The molecule has 2 aromatic heterocycles. The zero-order valence-corrected chi connectivity index (χ0v) is 14.3. The SMILES string of the molecule is CCC(c1ncccc1ON)C(C)Cc1ccc2c(C)noc2c1. The van der Waals surface area contributed by atoms with Crippen molar-refractivity contribution in [3.8, 4) is 5.75 Å². The third kappa shape index (κ3) is 3.12. The topological polar surface area (TPSA) is 74.2 Å². The van der Waals surface area contributed by atoms with Gasteiger partial charge in [0.2, 0.25) is 0 Å². The number of hydrogen-bond acceptors (Lipinski definition) is 5. The lowest BCUT2D eigenvalue weighted by atomic mass is 9.83. The van der Waals surface area contributed by atoms with E-state index in [0.717, 1.165) is 35.2 Å². The molecule has 0 aliphatic rings. The molecule has 2 heterocycles. The summed E-state index contributed by atoms with van der Waals surface area (Å²) in [5.74, 6) is 6.72. The average Bonchev–Trinajstić information content (AvgIpc) is 2.96. The highest BCUT2D eigenvalue weighted by molar-refractivity contribution is 5.79. The molecule has 0 spiro atoms. The molecular weight excluding hydrogens is 302 g/mol. The van der Waals surface area contributed by atoms with Gasteiger partial charge < -0.3 is 9.36 Å². The fourth-order valence-electron chi connectivity index (χ4n) is 3.40. The number of aryl methyl sites for hydroxylation is 1. The average molecular weight is 325 g/mol. The van der Waals surface area contributed by atoms with Crippen LogP contribution in [0.2, 0.25) is 0 Å². The second kappa shape index (κ2) is 7.01. The van der Waals surface area contributed by atoms with Crippen LogP contribution in [0.3, 0.4) is 0 Å². The van der Waals surface area contributed by atoms with Crippen molar-refractivity contribution >= 4 is 11.0 Å². The van der Waals surface area contributed by atoms with E-state index in [9.17, 15) is 0 Å². The molecule has 5 heteroatoms. The van der Waals surface area contributed by atoms with E-state index in [4.69, 9.17) is 15.3 Å². The summed E-state index contributed by atoms with van der Waals surface area (Å²) >= 11 is 0. The smallest absolute Gasteiger partial charge is 0.168 e. The van der Waals surface area contributed by atoms with Crippen molar-refractivity contribution in [2.24, 2.45) is 11.8 Å². The lowest BCUT2D eigenvalue weighted by Crippen LogP contribution is -2.16. The van der Waals surface area contributed by atoms with E-state index in [1.54, 1.807) is 6.20 Å². The first-order chi connectivity index (χ1) is 11.6. The minimum absolute atomic E-state index is 0.275. The van der Waals surface area contributed by atoms with E-state index in [1.807, 2.05) is 19.1 Å².